The third-order valence-electron chi connectivity index (χ3n) is 4.34. The van der Waals surface area contributed by atoms with E-state index in [0.29, 0.717) is 17.9 Å². The summed E-state index contributed by atoms with van der Waals surface area (Å²) in [6, 6.07) is 15.1. The van der Waals surface area contributed by atoms with Crippen LogP contribution in [0.5, 0.6) is 5.75 Å². The van der Waals surface area contributed by atoms with Crippen LogP contribution in [0.1, 0.15) is 31.9 Å². The van der Waals surface area contributed by atoms with Gasteiger partial charge in [0.05, 0.1) is 25.1 Å². The number of methoxy groups -OCH3 is 1. The molecule has 0 heterocycles. The maximum absolute atomic E-state index is 12.8. The number of nitrogens with zero attached hydrogens (tertiary/aromatic N) is 1. The molecule has 2 aromatic rings. The van der Waals surface area contributed by atoms with Crippen molar-refractivity contribution >= 4 is 21.6 Å². The number of amides is 1. The van der Waals surface area contributed by atoms with Crippen molar-refractivity contribution in [1.29, 1.82) is 0 Å². The topological polar surface area (TPSA) is 75.7 Å². The van der Waals surface area contributed by atoms with Crippen LogP contribution in [0.4, 0.5) is 5.69 Å². The number of hydrogen-bond donors (Lipinski definition) is 1. The van der Waals surface area contributed by atoms with Crippen LogP contribution in [0.15, 0.2) is 54.6 Å². The number of anilines is 1. The quantitative estimate of drug-likeness (QED) is 0.751. The first-order valence-electron chi connectivity index (χ1n) is 8.76. The molecule has 0 unspecified atom stereocenters. The van der Waals surface area contributed by atoms with Crippen LogP contribution in [-0.4, -0.2) is 33.7 Å². The third kappa shape index (κ3) is 5.23. The largest absolute Gasteiger partial charge is 0.497 e. The van der Waals surface area contributed by atoms with E-state index in [1.165, 1.54) is 7.11 Å². The molecule has 27 heavy (non-hydrogen) atoms. The molecule has 2 aromatic carbocycles. The number of hydrogen-bond acceptors (Lipinski definition) is 4. The number of benzene rings is 2. The Labute approximate surface area is 161 Å². The van der Waals surface area contributed by atoms with Crippen molar-refractivity contribution in [3.05, 3.63) is 60.2 Å². The number of nitrogens with one attached hydrogen (secondary N) is 1. The number of carbonyl (C=O) groups is 1. The van der Waals surface area contributed by atoms with Gasteiger partial charge >= 0.3 is 0 Å². The Hall–Kier alpha value is -2.54. The molecule has 0 saturated carbocycles. The molecule has 2 rings (SSSR count). The normalized spacial score (nSPS) is 13.5. The second kappa shape index (κ2) is 8.90. The molecule has 0 spiro atoms. The summed E-state index contributed by atoms with van der Waals surface area (Å²) >= 11 is 0. The van der Waals surface area contributed by atoms with E-state index in [0.717, 1.165) is 16.1 Å². The fraction of sp³-hybridized carbons (Fsp3) is 0.350. The van der Waals surface area contributed by atoms with Crippen LogP contribution in [0.25, 0.3) is 0 Å². The second-order valence-corrected chi connectivity index (χ2v) is 8.17. The molecule has 2 atom stereocenters. The molecular formula is C20H26N2O4S. The number of ether oxygens (including phenoxy) is 1. The second-order valence-electron chi connectivity index (χ2n) is 6.31. The maximum atomic E-state index is 12.8. The summed E-state index contributed by atoms with van der Waals surface area (Å²) in [6.07, 6.45) is 1.79. The van der Waals surface area contributed by atoms with E-state index >= 15 is 0 Å². The molecule has 0 aliphatic heterocycles. The van der Waals surface area contributed by atoms with E-state index in [-0.39, 0.29) is 11.9 Å². The molecule has 1 amide bonds. The van der Waals surface area contributed by atoms with Crippen LogP contribution >= 0.6 is 0 Å². The van der Waals surface area contributed by atoms with E-state index in [4.69, 9.17) is 4.74 Å². The van der Waals surface area contributed by atoms with Gasteiger partial charge in [-0.05, 0) is 43.2 Å². The average molecular weight is 391 g/mol. The van der Waals surface area contributed by atoms with E-state index in [1.807, 2.05) is 37.3 Å². The monoisotopic (exact) mass is 390 g/mol. The Balaban J connectivity index is 2.26. The van der Waals surface area contributed by atoms with Gasteiger partial charge in [0.15, 0.2) is 0 Å². The molecule has 7 heteroatoms. The van der Waals surface area contributed by atoms with Gasteiger partial charge in [-0.15, -0.1) is 0 Å². The van der Waals surface area contributed by atoms with Gasteiger partial charge in [0.1, 0.15) is 11.8 Å². The number of sulfonamides is 1. The van der Waals surface area contributed by atoms with Gasteiger partial charge in [-0.25, -0.2) is 8.42 Å². The van der Waals surface area contributed by atoms with Gasteiger partial charge < -0.3 is 10.1 Å². The molecule has 0 aromatic heterocycles. The first-order chi connectivity index (χ1) is 12.8. The summed E-state index contributed by atoms with van der Waals surface area (Å²) in [4.78, 5) is 12.8. The lowest BCUT2D eigenvalue weighted by atomic mass is 10.0. The van der Waals surface area contributed by atoms with Gasteiger partial charge in [-0.2, -0.15) is 0 Å². The number of rotatable bonds is 8. The van der Waals surface area contributed by atoms with Crippen LogP contribution in [0.2, 0.25) is 0 Å². The lowest BCUT2D eigenvalue weighted by Crippen LogP contribution is -2.48. The van der Waals surface area contributed by atoms with Crippen LogP contribution in [0.3, 0.4) is 0 Å². The lowest BCUT2D eigenvalue weighted by molar-refractivity contribution is -0.122. The Bertz CT molecular complexity index is 851. The molecule has 6 nitrogen and oxygen atoms in total. The van der Waals surface area contributed by atoms with Gasteiger partial charge in [-0.3, -0.25) is 9.10 Å². The SMILES string of the molecule is CC[C@@H](NC(=O)[C@H](C)N(c1ccc(OC)cc1)S(C)(=O)=O)c1ccccc1. The zero-order chi connectivity index (χ0) is 20.0. The van der Waals surface area contributed by atoms with Crippen molar-refractivity contribution in [2.24, 2.45) is 0 Å². The first-order valence-corrected chi connectivity index (χ1v) is 10.6. The highest BCUT2D eigenvalue weighted by atomic mass is 32.2. The minimum Gasteiger partial charge on any atom is -0.497 e. The molecule has 0 fully saturated rings. The fourth-order valence-corrected chi connectivity index (χ4v) is 4.11. The van der Waals surface area contributed by atoms with E-state index in [1.54, 1.807) is 31.2 Å². The highest BCUT2D eigenvalue weighted by Crippen LogP contribution is 2.24. The molecule has 0 aliphatic rings. The Morgan fingerprint density at radius 1 is 1.11 bits per heavy atom. The van der Waals surface area contributed by atoms with Crippen LogP contribution in [-0.2, 0) is 14.8 Å². The predicted molar refractivity (Wildman–Crippen MR) is 107 cm³/mol. The molecule has 0 radical (unpaired) electrons. The van der Waals surface area contributed by atoms with Crippen molar-refractivity contribution in [2.75, 3.05) is 17.7 Å². The highest BCUT2D eigenvalue weighted by molar-refractivity contribution is 7.92. The predicted octanol–water partition coefficient (Wildman–Crippen LogP) is 3.12. The summed E-state index contributed by atoms with van der Waals surface area (Å²) < 4.78 is 31.0. The molecule has 1 N–H and O–H groups in total. The van der Waals surface area contributed by atoms with Crippen molar-refractivity contribution in [2.45, 2.75) is 32.4 Å². The minimum atomic E-state index is -3.66. The summed E-state index contributed by atoms with van der Waals surface area (Å²) in [5.74, 6) is 0.256. The first kappa shape index (κ1) is 20.8. The van der Waals surface area contributed by atoms with Crippen LogP contribution in [0, 0.1) is 0 Å². The standard InChI is InChI=1S/C20H26N2O4S/c1-5-19(16-9-7-6-8-10-16)21-20(23)15(2)22(27(4,24)25)17-11-13-18(26-3)14-12-17/h6-15,19H,5H2,1-4H3,(H,21,23)/t15-,19+/m0/s1. The van der Waals surface area contributed by atoms with Gasteiger partial charge in [0.2, 0.25) is 15.9 Å². The van der Waals surface area contributed by atoms with E-state index < -0.39 is 16.1 Å². The van der Waals surface area contributed by atoms with Crippen molar-refractivity contribution in [1.82, 2.24) is 5.32 Å². The van der Waals surface area contributed by atoms with Gasteiger partial charge in [0.25, 0.3) is 0 Å². The molecule has 0 aliphatic carbocycles. The summed E-state index contributed by atoms with van der Waals surface area (Å²) in [7, 11) is -2.12. The average Bonchev–Trinajstić information content (AvgIpc) is 2.66. The van der Waals surface area contributed by atoms with E-state index in [9.17, 15) is 13.2 Å². The summed E-state index contributed by atoms with van der Waals surface area (Å²) in [5, 5.41) is 2.96. The molecule has 0 saturated heterocycles. The zero-order valence-electron chi connectivity index (χ0n) is 16.0. The smallest absolute Gasteiger partial charge is 0.244 e. The number of carbonyl (C=O) groups excluding carboxylic acids is 1. The minimum absolute atomic E-state index is 0.182. The summed E-state index contributed by atoms with van der Waals surface area (Å²) in [5.41, 5.74) is 1.39. The summed E-state index contributed by atoms with van der Waals surface area (Å²) in [6.45, 7) is 3.55. The maximum Gasteiger partial charge on any atom is 0.244 e. The van der Waals surface area contributed by atoms with Gasteiger partial charge in [-0.1, -0.05) is 37.3 Å². The molecular weight excluding hydrogens is 364 g/mol. The third-order valence-corrected chi connectivity index (χ3v) is 5.58. The lowest BCUT2D eigenvalue weighted by Gasteiger charge is -2.30. The van der Waals surface area contributed by atoms with E-state index in [2.05, 4.69) is 5.32 Å². The Kier molecular flexibility index (Phi) is 6.85. The zero-order valence-corrected chi connectivity index (χ0v) is 16.9. The van der Waals surface area contributed by atoms with Crippen molar-refractivity contribution in [3.63, 3.8) is 0 Å². The van der Waals surface area contributed by atoms with Crippen molar-refractivity contribution < 1.29 is 17.9 Å². The molecule has 146 valence electrons. The van der Waals surface area contributed by atoms with Crippen LogP contribution < -0.4 is 14.4 Å². The Morgan fingerprint density at radius 2 is 1.70 bits per heavy atom. The van der Waals surface area contributed by atoms with Crippen molar-refractivity contribution in [3.8, 4) is 5.75 Å². The fourth-order valence-electron chi connectivity index (χ4n) is 2.94. The van der Waals surface area contributed by atoms with Gasteiger partial charge in [0, 0.05) is 0 Å². The Morgan fingerprint density at radius 3 is 2.19 bits per heavy atom. The highest BCUT2D eigenvalue weighted by Gasteiger charge is 2.30. The molecule has 0 bridgehead atoms.